The molecule has 3 N–H and O–H groups in total. The first-order chi connectivity index (χ1) is 16.0. The molecule has 7 heteroatoms. The lowest BCUT2D eigenvalue weighted by atomic mass is 10.1. The molecule has 0 fully saturated rings. The van der Waals surface area contributed by atoms with E-state index in [1.54, 1.807) is 12.2 Å². The molecule has 0 bridgehead atoms. The summed E-state index contributed by atoms with van der Waals surface area (Å²) in [6.45, 7) is 1.07. The second-order valence-corrected chi connectivity index (χ2v) is 7.54. The second kappa shape index (κ2) is 17.6. The van der Waals surface area contributed by atoms with Crippen molar-refractivity contribution >= 4 is 11.8 Å². The molecular formula is C26H36O7. The number of carbonyl (C=O) groups excluding carboxylic acids is 2. The van der Waals surface area contributed by atoms with Crippen molar-refractivity contribution in [2.75, 3.05) is 13.2 Å². The lowest BCUT2D eigenvalue weighted by molar-refractivity contribution is -0.148. The molecule has 1 aliphatic rings. The number of hydrogen-bond donors (Lipinski definition) is 3. The van der Waals surface area contributed by atoms with Gasteiger partial charge in [0.15, 0.2) is 24.3 Å². The minimum absolute atomic E-state index is 0.366. The van der Waals surface area contributed by atoms with Crippen LogP contribution in [0.2, 0.25) is 0 Å². The van der Waals surface area contributed by atoms with Crippen molar-refractivity contribution < 1.29 is 34.4 Å². The zero-order valence-electron chi connectivity index (χ0n) is 19.3. The molecule has 182 valence electrons. The summed E-state index contributed by atoms with van der Waals surface area (Å²) >= 11 is 0. The lowest BCUT2D eigenvalue weighted by Crippen LogP contribution is -2.32. The zero-order valence-corrected chi connectivity index (χ0v) is 19.3. The van der Waals surface area contributed by atoms with Crippen molar-refractivity contribution in [3.05, 3.63) is 72.3 Å². The molecule has 0 saturated heterocycles. The highest BCUT2D eigenvalue weighted by Crippen LogP contribution is 2.24. The maximum Gasteiger partial charge on any atom is 0.378 e. The average Bonchev–Trinajstić information content (AvgIpc) is 3.10. The van der Waals surface area contributed by atoms with Crippen LogP contribution in [0.4, 0.5) is 0 Å². The molecule has 0 spiro atoms. The number of cyclic esters (lactones) is 1. The summed E-state index contributed by atoms with van der Waals surface area (Å²) in [7, 11) is 0. The summed E-state index contributed by atoms with van der Waals surface area (Å²) in [5, 5.41) is 28.2. The summed E-state index contributed by atoms with van der Waals surface area (Å²) in [6.07, 6.45) is 24.2. The van der Waals surface area contributed by atoms with Crippen molar-refractivity contribution in [1.29, 1.82) is 0 Å². The Labute approximate surface area is 196 Å². The lowest BCUT2D eigenvalue weighted by Gasteiger charge is -2.17. The Morgan fingerprint density at radius 1 is 1.00 bits per heavy atom. The Kier molecular flexibility index (Phi) is 15.0. The summed E-state index contributed by atoms with van der Waals surface area (Å²) in [4.78, 5) is 23.2. The average molecular weight is 461 g/mol. The quantitative estimate of drug-likeness (QED) is 0.129. The topological polar surface area (TPSA) is 113 Å². The van der Waals surface area contributed by atoms with E-state index >= 15 is 0 Å². The predicted octanol–water partition coefficient (Wildman–Crippen LogP) is 4.15. The van der Waals surface area contributed by atoms with E-state index in [-0.39, 0.29) is 5.76 Å². The van der Waals surface area contributed by atoms with Crippen LogP contribution in [0.3, 0.4) is 0 Å². The number of ether oxygens (including phenoxy) is 2. The summed E-state index contributed by atoms with van der Waals surface area (Å²) in [5.41, 5.74) is 0. The summed E-state index contributed by atoms with van der Waals surface area (Å²) < 4.78 is 9.83. The fourth-order valence-corrected chi connectivity index (χ4v) is 2.92. The van der Waals surface area contributed by atoms with Gasteiger partial charge in [0, 0.05) is 0 Å². The number of carbonyl (C=O) groups is 2. The van der Waals surface area contributed by atoms with Crippen molar-refractivity contribution in [2.45, 2.75) is 64.1 Å². The first-order valence-corrected chi connectivity index (χ1v) is 11.4. The van der Waals surface area contributed by atoms with Crippen LogP contribution in [-0.4, -0.2) is 52.5 Å². The molecule has 33 heavy (non-hydrogen) atoms. The first kappa shape index (κ1) is 28.1. The van der Waals surface area contributed by atoms with Gasteiger partial charge in [0.05, 0.1) is 6.61 Å². The molecule has 2 atom stereocenters. The highest BCUT2D eigenvalue weighted by Gasteiger charge is 2.40. The van der Waals surface area contributed by atoms with Gasteiger partial charge in [-0.05, 0) is 18.9 Å². The molecule has 0 aromatic heterocycles. The van der Waals surface area contributed by atoms with E-state index in [2.05, 4.69) is 13.0 Å². The number of aliphatic hydroxyl groups is 3. The molecule has 0 saturated carbocycles. The molecule has 0 unspecified atom stereocenters. The van der Waals surface area contributed by atoms with Crippen LogP contribution >= 0.6 is 0 Å². The van der Waals surface area contributed by atoms with E-state index in [9.17, 15) is 19.8 Å². The van der Waals surface area contributed by atoms with Crippen LogP contribution in [0, 0.1) is 0 Å². The van der Waals surface area contributed by atoms with Crippen LogP contribution in [-0.2, 0) is 19.1 Å². The third-order valence-corrected chi connectivity index (χ3v) is 4.75. The van der Waals surface area contributed by atoms with Gasteiger partial charge in [-0.1, -0.05) is 93.7 Å². The number of esters is 1. The Bertz CT molecular complexity index is 772. The van der Waals surface area contributed by atoms with Crippen LogP contribution in [0.25, 0.3) is 0 Å². The van der Waals surface area contributed by atoms with Gasteiger partial charge in [0.1, 0.15) is 6.10 Å². The molecule has 1 heterocycles. The van der Waals surface area contributed by atoms with Crippen molar-refractivity contribution in [3.8, 4) is 0 Å². The van der Waals surface area contributed by atoms with E-state index < -0.39 is 42.9 Å². The number of allylic oxidation sites excluding steroid dienone is 9. The Morgan fingerprint density at radius 3 is 2.27 bits per heavy atom. The van der Waals surface area contributed by atoms with Gasteiger partial charge < -0.3 is 24.8 Å². The fourth-order valence-electron chi connectivity index (χ4n) is 2.92. The minimum Gasteiger partial charge on any atom is -0.499 e. The van der Waals surface area contributed by atoms with Gasteiger partial charge in [0.25, 0.3) is 0 Å². The summed E-state index contributed by atoms with van der Waals surface area (Å²) in [6, 6.07) is 0. The van der Waals surface area contributed by atoms with Gasteiger partial charge in [-0.25, -0.2) is 4.79 Å². The van der Waals surface area contributed by atoms with Crippen LogP contribution in [0.15, 0.2) is 72.3 Å². The van der Waals surface area contributed by atoms with Crippen molar-refractivity contribution in [3.63, 3.8) is 0 Å². The molecule has 0 aromatic carbocycles. The van der Waals surface area contributed by atoms with Gasteiger partial charge in [0.2, 0.25) is 5.76 Å². The highest BCUT2D eigenvalue weighted by molar-refractivity contribution is 5.92. The molecule has 0 aromatic rings. The number of unbranched alkanes of at least 4 members (excludes halogenated alkanes) is 6. The molecular weight excluding hydrogens is 424 g/mol. The molecule has 1 aliphatic heterocycles. The molecule has 0 aliphatic carbocycles. The van der Waals surface area contributed by atoms with E-state index in [4.69, 9.17) is 14.6 Å². The maximum absolute atomic E-state index is 11.9. The van der Waals surface area contributed by atoms with E-state index in [1.807, 2.05) is 30.4 Å². The number of rotatable bonds is 17. The van der Waals surface area contributed by atoms with Gasteiger partial charge >= 0.3 is 5.97 Å². The fraction of sp³-hybridized carbons (Fsp3) is 0.462. The minimum atomic E-state index is -1.46. The predicted molar refractivity (Wildman–Crippen MR) is 127 cm³/mol. The molecule has 0 amide bonds. The Morgan fingerprint density at radius 2 is 1.61 bits per heavy atom. The van der Waals surface area contributed by atoms with Crippen LogP contribution < -0.4 is 0 Å². The highest BCUT2D eigenvalue weighted by atomic mass is 16.6. The number of hydrogen-bond acceptors (Lipinski definition) is 7. The van der Waals surface area contributed by atoms with Crippen molar-refractivity contribution in [2.24, 2.45) is 0 Å². The molecule has 1 rings (SSSR count). The molecule has 7 nitrogen and oxygen atoms in total. The standard InChI is InChI=1S/C26H36O7/c1-2-3-4-5-6-7-8-9-10-11-12-13-14-15-16-17-18-21(28)20-32-25-23(30)26(31)33-24(25)22(29)19-27/h9-18,22,24,27,29-30H,2-8,19-20H2,1H3/t22-,24+/m0/s1. The summed E-state index contributed by atoms with van der Waals surface area (Å²) in [5.74, 6) is -2.69. The second-order valence-electron chi connectivity index (χ2n) is 7.54. The Balaban J connectivity index is 2.25. The monoisotopic (exact) mass is 460 g/mol. The van der Waals surface area contributed by atoms with Gasteiger partial charge in [-0.15, -0.1) is 0 Å². The molecule has 0 radical (unpaired) electrons. The smallest absolute Gasteiger partial charge is 0.378 e. The maximum atomic E-state index is 11.9. The van der Waals surface area contributed by atoms with E-state index in [1.165, 1.54) is 50.7 Å². The third kappa shape index (κ3) is 12.1. The van der Waals surface area contributed by atoms with Gasteiger partial charge in [-0.3, -0.25) is 4.79 Å². The third-order valence-electron chi connectivity index (χ3n) is 4.75. The zero-order chi connectivity index (χ0) is 24.3. The van der Waals surface area contributed by atoms with E-state index in [0.717, 1.165) is 6.42 Å². The first-order valence-electron chi connectivity index (χ1n) is 11.4. The van der Waals surface area contributed by atoms with Crippen LogP contribution in [0.5, 0.6) is 0 Å². The van der Waals surface area contributed by atoms with Crippen LogP contribution in [0.1, 0.15) is 51.9 Å². The number of aliphatic hydroxyl groups excluding tert-OH is 3. The van der Waals surface area contributed by atoms with E-state index in [0.29, 0.717) is 0 Å². The number of ketones is 1. The normalized spacial score (nSPS) is 18.0. The van der Waals surface area contributed by atoms with Crippen molar-refractivity contribution in [1.82, 2.24) is 0 Å². The largest absolute Gasteiger partial charge is 0.499 e. The SMILES string of the molecule is CCCCCCCCC=CC=CC=CC=CC=CC(=O)COC1=C(O)C(=O)O[C@@H]1[C@@H](O)CO. The van der Waals surface area contributed by atoms with Gasteiger partial charge in [-0.2, -0.15) is 0 Å². The Hall–Kier alpha value is -2.90.